The van der Waals surface area contributed by atoms with Gasteiger partial charge in [0, 0.05) is 13.1 Å². The molecule has 2 aromatic heterocycles. The van der Waals surface area contributed by atoms with Crippen LogP contribution in [0.1, 0.15) is 37.9 Å². The predicted octanol–water partition coefficient (Wildman–Crippen LogP) is 2.92. The summed E-state index contributed by atoms with van der Waals surface area (Å²) in [7, 11) is 1.91. The van der Waals surface area contributed by atoms with Gasteiger partial charge in [0.2, 0.25) is 5.91 Å². The van der Waals surface area contributed by atoms with Crippen LogP contribution in [0.25, 0.3) is 11.4 Å². The maximum absolute atomic E-state index is 12.1. The Labute approximate surface area is 140 Å². The topological polar surface area (TPSA) is 72.9 Å². The van der Waals surface area contributed by atoms with Gasteiger partial charge < -0.3 is 14.3 Å². The van der Waals surface area contributed by atoms with Gasteiger partial charge in [0.05, 0.1) is 17.6 Å². The molecule has 0 atom stereocenters. The van der Waals surface area contributed by atoms with Crippen molar-refractivity contribution in [3.05, 3.63) is 18.1 Å². The van der Waals surface area contributed by atoms with Crippen LogP contribution in [0.2, 0.25) is 0 Å². The average Bonchev–Trinajstić information content (AvgIpc) is 3.12. The van der Waals surface area contributed by atoms with Crippen LogP contribution in [-0.2, 0) is 11.8 Å². The first-order valence-corrected chi connectivity index (χ1v) is 8.99. The predicted molar refractivity (Wildman–Crippen MR) is 89.2 cm³/mol. The molecule has 1 N–H and O–H groups in total. The van der Waals surface area contributed by atoms with Crippen molar-refractivity contribution in [2.24, 2.45) is 7.05 Å². The quantitative estimate of drug-likeness (QED) is 0.851. The molecule has 1 aliphatic rings. The zero-order chi connectivity index (χ0) is 16.2. The summed E-state index contributed by atoms with van der Waals surface area (Å²) in [6.45, 7) is 1.90. The highest BCUT2D eigenvalue weighted by Gasteiger charge is 2.18. The number of hydrogen-bond acceptors (Lipinski definition) is 5. The van der Waals surface area contributed by atoms with Gasteiger partial charge in [0.1, 0.15) is 5.76 Å². The number of carbonyl (C=O) groups excluding carboxylic acids is 1. The lowest BCUT2D eigenvalue weighted by Gasteiger charge is -2.22. The molecular formula is C16H22N4O2S. The van der Waals surface area contributed by atoms with Crippen molar-refractivity contribution in [1.29, 1.82) is 0 Å². The lowest BCUT2D eigenvalue weighted by Crippen LogP contribution is -2.37. The van der Waals surface area contributed by atoms with Crippen molar-refractivity contribution in [1.82, 2.24) is 20.1 Å². The Bertz CT molecular complexity index is 673. The number of nitrogens with zero attached hydrogens (tertiary/aromatic N) is 3. The summed E-state index contributed by atoms with van der Waals surface area (Å²) in [5, 5.41) is 12.3. The van der Waals surface area contributed by atoms with Gasteiger partial charge in [0.15, 0.2) is 11.0 Å². The second kappa shape index (κ2) is 7.21. The first-order valence-electron chi connectivity index (χ1n) is 8.01. The standard InChI is InChI=1S/C16H22N4O2S/c1-11-13(8-9-22-11)15-18-19-16(20(15)2)23-10-14(21)17-12-6-4-3-5-7-12/h8-9,12H,3-7,10H2,1-2H3,(H,17,21). The molecule has 2 aromatic rings. The van der Waals surface area contributed by atoms with E-state index in [2.05, 4.69) is 15.5 Å². The summed E-state index contributed by atoms with van der Waals surface area (Å²) >= 11 is 1.41. The Morgan fingerprint density at radius 1 is 1.39 bits per heavy atom. The molecule has 1 saturated carbocycles. The third-order valence-electron chi connectivity index (χ3n) is 4.24. The molecule has 0 unspecified atom stereocenters. The Kier molecular flexibility index (Phi) is 5.05. The molecule has 0 aliphatic heterocycles. The number of thioether (sulfide) groups is 1. The van der Waals surface area contributed by atoms with Crippen molar-refractivity contribution >= 4 is 17.7 Å². The summed E-state index contributed by atoms with van der Waals surface area (Å²) < 4.78 is 7.21. The van der Waals surface area contributed by atoms with Crippen LogP contribution in [0.3, 0.4) is 0 Å². The molecule has 1 aliphatic carbocycles. The fourth-order valence-electron chi connectivity index (χ4n) is 2.94. The molecule has 23 heavy (non-hydrogen) atoms. The number of hydrogen-bond donors (Lipinski definition) is 1. The molecule has 0 radical (unpaired) electrons. The molecule has 0 aromatic carbocycles. The van der Waals surface area contributed by atoms with E-state index in [1.54, 1.807) is 6.26 Å². The molecule has 1 amide bonds. The molecule has 6 nitrogen and oxygen atoms in total. The number of rotatable bonds is 5. The molecule has 7 heteroatoms. The summed E-state index contributed by atoms with van der Waals surface area (Å²) in [6, 6.07) is 2.23. The third kappa shape index (κ3) is 3.77. The number of furan rings is 1. The Morgan fingerprint density at radius 3 is 2.87 bits per heavy atom. The van der Waals surface area contributed by atoms with E-state index in [4.69, 9.17) is 4.42 Å². The monoisotopic (exact) mass is 334 g/mol. The van der Waals surface area contributed by atoms with Gasteiger partial charge in [0.25, 0.3) is 0 Å². The minimum absolute atomic E-state index is 0.0749. The molecule has 3 rings (SSSR count). The number of aryl methyl sites for hydroxylation is 1. The van der Waals surface area contributed by atoms with E-state index in [9.17, 15) is 4.79 Å². The molecule has 1 fully saturated rings. The summed E-state index contributed by atoms with van der Waals surface area (Å²) in [5.41, 5.74) is 0.929. The van der Waals surface area contributed by atoms with Gasteiger partial charge in [-0.1, -0.05) is 31.0 Å². The van der Waals surface area contributed by atoms with Crippen molar-refractivity contribution in [3.63, 3.8) is 0 Å². The minimum atomic E-state index is 0.0749. The van der Waals surface area contributed by atoms with Crippen molar-refractivity contribution in [2.75, 3.05) is 5.75 Å². The molecule has 0 spiro atoms. The zero-order valence-electron chi connectivity index (χ0n) is 13.5. The van der Waals surface area contributed by atoms with Crippen molar-refractivity contribution < 1.29 is 9.21 Å². The maximum atomic E-state index is 12.1. The third-order valence-corrected chi connectivity index (χ3v) is 5.26. The van der Waals surface area contributed by atoms with Crippen LogP contribution >= 0.6 is 11.8 Å². The van der Waals surface area contributed by atoms with Crippen LogP contribution in [0, 0.1) is 6.92 Å². The second-order valence-corrected chi connectivity index (χ2v) is 6.89. The van der Waals surface area contributed by atoms with E-state index < -0.39 is 0 Å². The lowest BCUT2D eigenvalue weighted by molar-refractivity contribution is -0.119. The smallest absolute Gasteiger partial charge is 0.230 e. The highest BCUT2D eigenvalue weighted by Crippen LogP contribution is 2.25. The Morgan fingerprint density at radius 2 is 2.17 bits per heavy atom. The van der Waals surface area contributed by atoms with Crippen molar-refractivity contribution in [3.8, 4) is 11.4 Å². The van der Waals surface area contributed by atoms with Crippen LogP contribution < -0.4 is 5.32 Å². The van der Waals surface area contributed by atoms with E-state index in [0.717, 1.165) is 35.1 Å². The Hall–Kier alpha value is -1.76. The van der Waals surface area contributed by atoms with Gasteiger partial charge in [-0.3, -0.25) is 4.79 Å². The zero-order valence-corrected chi connectivity index (χ0v) is 14.4. The highest BCUT2D eigenvalue weighted by molar-refractivity contribution is 7.99. The number of amides is 1. The normalized spacial score (nSPS) is 15.7. The number of carbonyl (C=O) groups is 1. The average molecular weight is 334 g/mol. The molecule has 0 bridgehead atoms. The molecular weight excluding hydrogens is 312 g/mol. The van der Waals surface area contributed by atoms with Gasteiger partial charge in [-0.15, -0.1) is 10.2 Å². The minimum Gasteiger partial charge on any atom is -0.469 e. The molecule has 2 heterocycles. The fraction of sp³-hybridized carbons (Fsp3) is 0.562. The van der Waals surface area contributed by atoms with Gasteiger partial charge >= 0.3 is 0 Å². The van der Waals surface area contributed by atoms with Crippen LogP contribution in [0.4, 0.5) is 0 Å². The molecule has 124 valence electrons. The van der Waals surface area contributed by atoms with Crippen LogP contribution in [0.15, 0.2) is 21.9 Å². The van der Waals surface area contributed by atoms with Gasteiger partial charge in [-0.05, 0) is 25.8 Å². The maximum Gasteiger partial charge on any atom is 0.230 e. The fourth-order valence-corrected chi connectivity index (χ4v) is 3.66. The van der Waals surface area contributed by atoms with Crippen LogP contribution in [-0.4, -0.2) is 32.5 Å². The second-order valence-electron chi connectivity index (χ2n) is 5.95. The van der Waals surface area contributed by atoms with Crippen LogP contribution in [0.5, 0.6) is 0 Å². The van der Waals surface area contributed by atoms with Crippen molar-refractivity contribution in [2.45, 2.75) is 50.2 Å². The summed E-state index contributed by atoms with van der Waals surface area (Å²) in [4.78, 5) is 12.1. The van der Waals surface area contributed by atoms with E-state index in [1.807, 2.05) is 24.6 Å². The Balaban J connectivity index is 1.57. The number of aromatic nitrogens is 3. The van der Waals surface area contributed by atoms with E-state index in [1.165, 1.54) is 31.0 Å². The summed E-state index contributed by atoms with van der Waals surface area (Å²) in [5.74, 6) is 2.01. The number of nitrogens with one attached hydrogen (secondary N) is 1. The lowest BCUT2D eigenvalue weighted by atomic mass is 9.95. The van der Waals surface area contributed by atoms with E-state index >= 15 is 0 Å². The molecule has 0 saturated heterocycles. The highest BCUT2D eigenvalue weighted by atomic mass is 32.2. The SMILES string of the molecule is Cc1occc1-c1nnc(SCC(=O)NC2CCCCC2)n1C. The van der Waals surface area contributed by atoms with E-state index in [-0.39, 0.29) is 5.91 Å². The van der Waals surface area contributed by atoms with E-state index in [0.29, 0.717) is 11.8 Å². The largest absolute Gasteiger partial charge is 0.469 e. The first kappa shape index (κ1) is 16.1. The van der Waals surface area contributed by atoms with Gasteiger partial charge in [-0.25, -0.2) is 0 Å². The van der Waals surface area contributed by atoms with Gasteiger partial charge in [-0.2, -0.15) is 0 Å². The summed E-state index contributed by atoms with van der Waals surface area (Å²) in [6.07, 6.45) is 7.57. The first-order chi connectivity index (χ1) is 11.1.